The molecule has 23 heavy (non-hydrogen) atoms. The normalized spacial score (nSPS) is 11.3. The van der Waals surface area contributed by atoms with Crippen molar-refractivity contribution in [2.24, 2.45) is 0 Å². The van der Waals surface area contributed by atoms with E-state index in [1.54, 1.807) is 43.3 Å². The first-order valence-electron chi connectivity index (χ1n) is 6.97. The van der Waals surface area contributed by atoms with E-state index in [1.807, 2.05) is 14.1 Å². The second kappa shape index (κ2) is 6.93. The number of aromatic nitrogens is 2. The Morgan fingerprint density at radius 1 is 1.26 bits per heavy atom. The van der Waals surface area contributed by atoms with E-state index in [9.17, 15) is 8.42 Å². The van der Waals surface area contributed by atoms with Gasteiger partial charge in [-0.3, -0.25) is 0 Å². The van der Waals surface area contributed by atoms with Gasteiger partial charge in [0.25, 0.3) is 0 Å². The van der Waals surface area contributed by atoms with Crippen molar-refractivity contribution < 1.29 is 13.2 Å². The minimum absolute atomic E-state index is 0.0940. The minimum atomic E-state index is -3.62. The minimum Gasteiger partial charge on any atom is -0.496 e. The molecule has 0 aliphatic heterocycles. The fourth-order valence-electron chi connectivity index (χ4n) is 1.97. The Morgan fingerprint density at radius 2 is 2.00 bits per heavy atom. The second-order valence-electron chi connectivity index (χ2n) is 5.20. The number of benzene rings is 1. The number of rotatable bonds is 6. The Kier molecular flexibility index (Phi) is 5.17. The summed E-state index contributed by atoms with van der Waals surface area (Å²) in [6, 6.07) is 6.40. The first-order chi connectivity index (χ1) is 10.8. The molecule has 124 valence electrons. The van der Waals surface area contributed by atoms with Crippen molar-refractivity contribution in [2.75, 3.05) is 26.1 Å². The lowest BCUT2D eigenvalue weighted by Gasteiger charge is -2.12. The first kappa shape index (κ1) is 17.2. The number of ether oxygens (including phenoxy) is 1. The van der Waals surface area contributed by atoms with E-state index in [2.05, 4.69) is 14.7 Å². The van der Waals surface area contributed by atoms with Gasteiger partial charge in [0.1, 0.15) is 5.75 Å². The molecule has 0 aliphatic carbocycles. The van der Waals surface area contributed by atoms with E-state index in [4.69, 9.17) is 4.74 Å². The summed E-state index contributed by atoms with van der Waals surface area (Å²) in [7, 11) is 1.57. The molecular weight excluding hydrogens is 316 g/mol. The Bertz CT molecular complexity index is 791. The van der Waals surface area contributed by atoms with Crippen LogP contribution in [0.3, 0.4) is 0 Å². The standard InChI is InChI=1S/C15H20N4O3S/c1-11-9-13(5-6-14(11)22-4)23(20,21)17-10-12-7-8-16-15(18-12)19(2)3/h5-9,17H,10H2,1-4H3. The molecule has 2 aromatic rings. The SMILES string of the molecule is COc1ccc(S(=O)(=O)NCc2ccnc(N(C)C)n2)cc1C. The van der Waals surface area contributed by atoms with Gasteiger partial charge in [-0.2, -0.15) is 0 Å². The zero-order chi connectivity index (χ0) is 17.0. The number of nitrogens with zero attached hydrogens (tertiary/aromatic N) is 3. The van der Waals surface area contributed by atoms with E-state index < -0.39 is 10.0 Å². The zero-order valence-corrected chi connectivity index (χ0v) is 14.4. The highest BCUT2D eigenvalue weighted by molar-refractivity contribution is 7.89. The number of hydrogen-bond acceptors (Lipinski definition) is 6. The maximum absolute atomic E-state index is 12.4. The van der Waals surface area contributed by atoms with Crippen LogP contribution in [0.4, 0.5) is 5.95 Å². The third-order valence-electron chi connectivity index (χ3n) is 3.22. The van der Waals surface area contributed by atoms with Crippen molar-refractivity contribution in [2.45, 2.75) is 18.4 Å². The largest absolute Gasteiger partial charge is 0.496 e. The summed E-state index contributed by atoms with van der Waals surface area (Å²) in [5.41, 5.74) is 1.35. The van der Waals surface area contributed by atoms with Crippen LogP contribution in [-0.4, -0.2) is 39.6 Å². The van der Waals surface area contributed by atoms with Crippen LogP contribution >= 0.6 is 0 Å². The van der Waals surface area contributed by atoms with Crippen molar-refractivity contribution >= 4 is 16.0 Å². The molecule has 0 radical (unpaired) electrons. The molecule has 0 amide bonds. The zero-order valence-electron chi connectivity index (χ0n) is 13.6. The summed E-state index contributed by atoms with van der Waals surface area (Å²) >= 11 is 0. The maximum atomic E-state index is 12.4. The molecule has 7 nitrogen and oxygen atoms in total. The third kappa shape index (κ3) is 4.17. The molecule has 1 aromatic heterocycles. The predicted molar refractivity (Wildman–Crippen MR) is 88.1 cm³/mol. The molecule has 0 saturated heterocycles. The fraction of sp³-hybridized carbons (Fsp3) is 0.333. The summed E-state index contributed by atoms with van der Waals surface area (Å²) in [5.74, 6) is 1.18. The summed E-state index contributed by atoms with van der Waals surface area (Å²) in [4.78, 5) is 10.3. The molecule has 8 heteroatoms. The van der Waals surface area contributed by atoms with Crippen LogP contribution < -0.4 is 14.4 Å². The van der Waals surface area contributed by atoms with Gasteiger partial charge in [0.15, 0.2) is 0 Å². The van der Waals surface area contributed by atoms with Gasteiger partial charge in [-0.1, -0.05) is 0 Å². The topological polar surface area (TPSA) is 84.4 Å². The molecule has 0 unspecified atom stereocenters. The fourth-order valence-corrected chi connectivity index (χ4v) is 3.05. The van der Waals surface area contributed by atoms with Gasteiger partial charge in [-0.25, -0.2) is 23.1 Å². The molecule has 0 aliphatic rings. The monoisotopic (exact) mass is 336 g/mol. The lowest BCUT2D eigenvalue weighted by molar-refractivity contribution is 0.411. The van der Waals surface area contributed by atoms with Crippen molar-refractivity contribution in [3.63, 3.8) is 0 Å². The highest BCUT2D eigenvalue weighted by Crippen LogP contribution is 2.21. The van der Waals surface area contributed by atoms with Gasteiger partial charge >= 0.3 is 0 Å². The van der Waals surface area contributed by atoms with Crippen molar-refractivity contribution in [1.29, 1.82) is 0 Å². The summed E-state index contributed by atoms with van der Waals surface area (Å²) < 4.78 is 32.4. The van der Waals surface area contributed by atoms with Crippen LogP contribution in [-0.2, 0) is 16.6 Å². The van der Waals surface area contributed by atoms with Crippen molar-refractivity contribution in [3.05, 3.63) is 41.7 Å². The number of sulfonamides is 1. The van der Waals surface area contributed by atoms with Crippen LogP contribution in [0, 0.1) is 6.92 Å². The Labute approximate surface area is 136 Å². The van der Waals surface area contributed by atoms with Crippen LogP contribution in [0.5, 0.6) is 5.75 Å². The molecule has 0 saturated carbocycles. The second-order valence-corrected chi connectivity index (χ2v) is 6.97. The molecule has 1 N–H and O–H groups in total. The van der Waals surface area contributed by atoms with E-state index in [-0.39, 0.29) is 11.4 Å². The average molecular weight is 336 g/mol. The Morgan fingerprint density at radius 3 is 2.61 bits per heavy atom. The number of hydrogen-bond donors (Lipinski definition) is 1. The van der Waals surface area contributed by atoms with Gasteiger partial charge in [-0.05, 0) is 36.8 Å². The van der Waals surface area contributed by atoms with E-state index >= 15 is 0 Å². The van der Waals surface area contributed by atoms with Crippen molar-refractivity contribution in [1.82, 2.24) is 14.7 Å². The first-order valence-corrected chi connectivity index (χ1v) is 8.45. The maximum Gasteiger partial charge on any atom is 0.240 e. The smallest absolute Gasteiger partial charge is 0.240 e. The molecule has 0 spiro atoms. The molecule has 0 atom stereocenters. The molecule has 1 aromatic carbocycles. The summed E-state index contributed by atoms with van der Waals surface area (Å²) in [6.07, 6.45) is 1.60. The number of methoxy groups -OCH3 is 1. The number of nitrogens with one attached hydrogen (secondary N) is 1. The predicted octanol–water partition coefficient (Wildman–Crippen LogP) is 1.34. The Balaban J connectivity index is 2.16. The van der Waals surface area contributed by atoms with Crippen LogP contribution in [0.15, 0.2) is 35.4 Å². The quantitative estimate of drug-likeness (QED) is 0.857. The third-order valence-corrected chi connectivity index (χ3v) is 4.62. The van der Waals surface area contributed by atoms with Crippen LogP contribution in [0.25, 0.3) is 0 Å². The average Bonchev–Trinajstić information content (AvgIpc) is 2.53. The highest BCUT2D eigenvalue weighted by Gasteiger charge is 2.15. The van der Waals surface area contributed by atoms with Gasteiger partial charge in [0, 0.05) is 20.3 Å². The van der Waals surface area contributed by atoms with Crippen LogP contribution in [0.2, 0.25) is 0 Å². The van der Waals surface area contributed by atoms with Gasteiger partial charge in [-0.15, -0.1) is 0 Å². The van der Waals surface area contributed by atoms with Crippen LogP contribution in [0.1, 0.15) is 11.3 Å². The van der Waals surface area contributed by atoms with E-state index in [0.29, 0.717) is 17.4 Å². The Hall–Kier alpha value is -2.19. The van der Waals surface area contributed by atoms with Gasteiger partial charge in [0.2, 0.25) is 16.0 Å². The van der Waals surface area contributed by atoms with Crippen molar-refractivity contribution in [3.8, 4) is 5.75 Å². The van der Waals surface area contributed by atoms with Gasteiger partial charge < -0.3 is 9.64 Å². The molecule has 1 heterocycles. The molecule has 2 rings (SSSR count). The highest BCUT2D eigenvalue weighted by atomic mass is 32.2. The van der Waals surface area contributed by atoms with E-state index in [0.717, 1.165) is 5.56 Å². The van der Waals surface area contributed by atoms with E-state index in [1.165, 1.54) is 6.07 Å². The van der Waals surface area contributed by atoms with Gasteiger partial charge in [0.05, 0.1) is 24.2 Å². The summed E-state index contributed by atoms with van der Waals surface area (Å²) in [5, 5.41) is 0. The number of anilines is 1. The summed E-state index contributed by atoms with van der Waals surface area (Å²) in [6.45, 7) is 1.89. The lowest BCUT2D eigenvalue weighted by atomic mass is 10.2. The molecular formula is C15H20N4O3S. The number of aryl methyl sites for hydroxylation is 1. The lowest BCUT2D eigenvalue weighted by Crippen LogP contribution is -2.24. The molecule has 0 fully saturated rings. The molecule has 0 bridgehead atoms.